The first-order valence-corrected chi connectivity index (χ1v) is 7.96. The number of carbonyl (C=O) groups excluding carboxylic acids is 2. The fraction of sp³-hybridized carbons (Fsp3) is 0.529. The Kier molecular flexibility index (Phi) is 4.16. The van der Waals surface area contributed by atoms with Crippen molar-refractivity contribution in [3.63, 3.8) is 0 Å². The molecule has 1 saturated heterocycles. The molecule has 22 heavy (non-hydrogen) atoms. The Morgan fingerprint density at radius 2 is 2.09 bits per heavy atom. The molecule has 0 radical (unpaired) electrons. The molecule has 3 rings (SSSR count). The lowest BCUT2D eigenvalue weighted by molar-refractivity contribution is -0.124. The van der Waals surface area contributed by atoms with Crippen LogP contribution in [-0.2, 0) is 10.2 Å². The third-order valence-electron chi connectivity index (χ3n) is 4.92. The Hall–Kier alpha value is -1.88. The molecule has 0 bridgehead atoms. The maximum Gasteiger partial charge on any atom is 0.324 e. The molecule has 2 aliphatic rings. The van der Waals surface area contributed by atoms with Crippen molar-refractivity contribution < 1.29 is 9.59 Å². The van der Waals surface area contributed by atoms with Gasteiger partial charge >= 0.3 is 6.03 Å². The van der Waals surface area contributed by atoms with Crippen LogP contribution >= 0.6 is 0 Å². The molecule has 1 aliphatic carbocycles. The highest BCUT2D eigenvalue weighted by molar-refractivity contribution is 6.01. The van der Waals surface area contributed by atoms with Crippen molar-refractivity contribution >= 4 is 11.9 Å². The summed E-state index contributed by atoms with van der Waals surface area (Å²) in [6.45, 7) is 3.56. The minimum absolute atomic E-state index is 0.132. The molecule has 2 N–H and O–H groups in total. The van der Waals surface area contributed by atoms with Crippen molar-refractivity contribution in [2.24, 2.45) is 0 Å². The van der Waals surface area contributed by atoms with Crippen molar-refractivity contribution in [3.05, 3.63) is 35.9 Å². The van der Waals surface area contributed by atoms with Crippen molar-refractivity contribution in [2.75, 3.05) is 19.6 Å². The molecule has 5 heteroatoms. The number of amides is 3. The average Bonchev–Trinajstić information content (AvgIpc) is 3.06. The molecule has 5 nitrogen and oxygen atoms in total. The summed E-state index contributed by atoms with van der Waals surface area (Å²) in [6.07, 6.45) is 3.39. The Morgan fingerprint density at radius 3 is 2.77 bits per heavy atom. The maximum absolute atomic E-state index is 11.5. The zero-order valence-electron chi connectivity index (χ0n) is 13.0. The molecule has 3 amide bonds. The van der Waals surface area contributed by atoms with Crippen LogP contribution in [0.2, 0.25) is 0 Å². The molecule has 2 fully saturated rings. The number of hydrogen-bond donors (Lipinski definition) is 2. The van der Waals surface area contributed by atoms with Crippen LogP contribution in [0.1, 0.15) is 31.7 Å². The standard InChI is InChI=1S/C17H23N3O2/c1-17(13-5-3-2-4-6-13)8-7-14(11-17)18-9-10-20-15(21)12-19-16(20)22/h2-6,14,18H,7-12H2,1H3,(H,19,22)/t14-,17-/m1/s1. The van der Waals surface area contributed by atoms with Gasteiger partial charge in [-0.3, -0.25) is 9.69 Å². The average molecular weight is 301 g/mol. The predicted octanol–water partition coefficient (Wildman–Crippen LogP) is 1.64. The lowest BCUT2D eigenvalue weighted by Crippen LogP contribution is -2.39. The Bertz CT molecular complexity index is 544. The molecule has 1 aromatic carbocycles. The lowest BCUT2D eigenvalue weighted by Gasteiger charge is -2.25. The highest BCUT2D eigenvalue weighted by Crippen LogP contribution is 2.40. The van der Waals surface area contributed by atoms with Gasteiger partial charge in [0.25, 0.3) is 0 Å². The molecule has 0 spiro atoms. The number of carbonyl (C=O) groups is 2. The first-order chi connectivity index (χ1) is 10.6. The van der Waals surface area contributed by atoms with Crippen LogP contribution in [0.15, 0.2) is 30.3 Å². The highest BCUT2D eigenvalue weighted by Gasteiger charge is 2.36. The molecular formula is C17H23N3O2. The van der Waals surface area contributed by atoms with Gasteiger partial charge in [0.05, 0.1) is 6.54 Å². The van der Waals surface area contributed by atoms with Crippen LogP contribution in [0.4, 0.5) is 4.79 Å². The first-order valence-electron chi connectivity index (χ1n) is 7.96. The van der Waals surface area contributed by atoms with E-state index in [2.05, 4.69) is 47.9 Å². The van der Waals surface area contributed by atoms with Crippen LogP contribution in [0.3, 0.4) is 0 Å². The second-order valence-electron chi connectivity index (χ2n) is 6.52. The SMILES string of the molecule is C[C@@]1(c2ccccc2)CC[C@@H](NCCN2C(=O)CNC2=O)C1. The van der Waals surface area contributed by atoms with E-state index in [0.717, 1.165) is 19.3 Å². The number of urea groups is 1. The van der Waals surface area contributed by atoms with Gasteiger partial charge < -0.3 is 10.6 Å². The largest absolute Gasteiger partial charge is 0.329 e. The third-order valence-corrected chi connectivity index (χ3v) is 4.92. The van der Waals surface area contributed by atoms with Crippen molar-refractivity contribution in [2.45, 2.75) is 37.6 Å². The third kappa shape index (κ3) is 2.99. The molecule has 1 saturated carbocycles. The summed E-state index contributed by atoms with van der Waals surface area (Å²) in [5.74, 6) is -0.132. The fourth-order valence-electron chi connectivity index (χ4n) is 3.58. The van der Waals surface area contributed by atoms with E-state index in [0.29, 0.717) is 19.1 Å². The van der Waals surface area contributed by atoms with E-state index < -0.39 is 0 Å². The van der Waals surface area contributed by atoms with E-state index in [1.807, 2.05) is 0 Å². The van der Waals surface area contributed by atoms with E-state index in [4.69, 9.17) is 0 Å². The lowest BCUT2D eigenvalue weighted by atomic mass is 9.81. The molecule has 1 aliphatic heterocycles. The predicted molar refractivity (Wildman–Crippen MR) is 84.5 cm³/mol. The van der Waals surface area contributed by atoms with Gasteiger partial charge in [0.15, 0.2) is 0 Å². The van der Waals surface area contributed by atoms with Gasteiger partial charge in [-0.2, -0.15) is 0 Å². The van der Waals surface area contributed by atoms with Gasteiger partial charge in [-0.25, -0.2) is 4.79 Å². The summed E-state index contributed by atoms with van der Waals surface area (Å²) in [7, 11) is 0. The van der Waals surface area contributed by atoms with Gasteiger partial charge in [0, 0.05) is 19.1 Å². The van der Waals surface area contributed by atoms with E-state index in [9.17, 15) is 9.59 Å². The van der Waals surface area contributed by atoms with Crippen LogP contribution in [0, 0.1) is 0 Å². The van der Waals surface area contributed by atoms with Crippen molar-refractivity contribution in [3.8, 4) is 0 Å². The topological polar surface area (TPSA) is 61.4 Å². The molecule has 0 aromatic heterocycles. The zero-order valence-corrected chi connectivity index (χ0v) is 13.0. The van der Waals surface area contributed by atoms with Gasteiger partial charge in [-0.05, 0) is 30.2 Å². The van der Waals surface area contributed by atoms with Crippen molar-refractivity contribution in [1.29, 1.82) is 0 Å². The molecule has 1 aromatic rings. The quantitative estimate of drug-likeness (QED) is 0.813. The van der Waals surface area contributed by atoms with Gasteiger partial charge in [-0.15, -0.1) is 0 Å². The summed E-state index contributed by atoms with van der Waals surface area (Å²) in [6, 6.07) is 10.8. The van der Waals surface area contributed by atoms with Crippen LogP contribution in [0.25, 0.3) is 0 Å². The number of rotatable bonds is 5. The molecular weight excluding hydrogens is 278 g/mol. The highest BCUT2D eigenvalue weighted by atomic mass is 16.2. The van der Waals surface area contributed by atoms with E-state index >= 15 is 0 Å². The molecule has 1 heterocycles. The van der Waals surface area contributed by atoms with E-state index in [1.54, 1.807) is 0 Å². The van der Waals surface area contributed by atoms with Crippen molar-refractivity contribution in [1.82, 2.24) is 15.5 Å². The molecule has 2 atom stereocenters. The number of hydrogen-bond acceptors (Lipinski definition) is 3. The minimum Gasteiger partial charge on any atom is -0.329 e. The number of imide groups is 1. The minimum atomic E-state index is -0.271. The van der Waals surface area contributed by atoms with Gasteiger partial charge in [0.2, 0.25) is 5.91 Å². The molecule has 0 unspecified atom stereocenters. The number of benzene rings is 1. The summed E-state index contributed by atoms with van der Waals surface area (Å²) >= 11 is 0. The number of nitrogens with zero attached hydrogens (tertiary/aromatic N) is 1. The van der Waals surface area contributed by atoms with Crippen LogP contribution < -0.4 is 10.6 Å². The van der Waals surface area contributed by atoms with E-state index in [1.165, 1.54) is 10.5 Å². The Morgan fingerprint density at radius 1 is 1.32 bits per heavy atom. The maximum atomic E-state index is 11.5. The number of nitrogens with one attached hydrogen (secondary N) is 2. The first kappa shape index (κ1) is 15.0. The second-order valence-corrected chi connectivity index (χ2v) is 6.52. The van der Waals surface area contributed by atoms with Crippen LogP contribution in [0.5, 0.6) is 0 Å². The smallest absolute Gasteiger partial charge is 0.324 e. The normalized spacial score (nSPS) is 28.2. The summed E-state index contributed by atoms with van der Waals surface area (Å²) < 4.78 is 0. The summed E-state index contributed by atoms with van der Waals surface area (Å²) in [5.41, 5.74) is 1.62. The second kappa shape index (κ2) is 6.08. The fourth-order valence-corrected chi connectivity index (χ4v) is 3.58. The van der Waals surface area contributed by atoms with E-state index in [-0.39, 0.29) is 23.9 Å². The zero-order chi connectivity index (χ0) is 15.6. The summed E-state index contributed by atoms with van der Waals surface area (Å²) in [4.78, 5) is 24.3. The molecule has 118 valence electrons. The monoisotopic (exact) mass is 301 g/mol. The van der Waals surface area contributed by atoms with Gasteiger partial charge in [-0.1, -0.05) is 37.3 Å². The summed E-state index contributed by atoms with van der Waals surface area (Å²) in [5, 5.41) is 6.04. The Balaban J connectivity index is 1.49. The Labute approximate surface area is 131 Å². The van der Waals surface area contributed by atoms with Gasteiger partial charge in [0.1, 0.15) is 0 Å². The van der Waals surface area contributed by atoms with Crippen LogP contribution in [-0.4, -0.2) is 42.5 Å².